The van der Waals surface area contributed by atoms with Crippen LogP contribution in [0.5, 0.6) is 0 Å². The molecule has 0 aromatic carbocycles. The SMILES string of the molecule is C=NC.CN=C(C)C(C)=C(C)NC.CNC(C)=C(C)C(C)=O.CNC(C)NC. The number of carbonyl (C=O) groups excluding carboxylic acids is 1. The summed E-state index contributed by atoms with van der Waals surface area (Å²) in [6, 6.07) is 0. The first-order chi connectivity index (χ1) is 12.9. The predicted molar refractivity (Wildman–Crippen MR) is 128 cm³/mol. The molecule has 0 aliphatic heterocycles. The van der Waals surface area contributed by atoms with E-state index in [0.29, 0.717) is 6.17 Å². The third-order valence-corrected chi connectivity index (χ3v) is 4.15. The summed E-state index contributed by atoms with van der Waals surface area (Å²) in [6.07, 6.45) is 0.435. The highest BCUT2D eigenvalue weighted by Crippen LogP contribution is 2.01. The first kappa shape index (κ1) is 33.6. The van der Waals surface area contributed by atoms with Gasteiger partial charge in [-0.2, -0.15) is 0 Å². The first-order valence-corrected chi connectivity index (χ1v) is 9.29. The van der Waals surface area contributed by atoms with Gasteiger partial charge in [-0.25, -0.2) is 0 Å². The van der Waals surface area contributed by atoms with Gasteiger partial charge in [-0.05, 0) is 74.9 Å². The molecular weight excluding hydrogens is 352 g/mol. The summed E-state index contributed by atoms with van der Waals surface area (Å²) in [5, 5.41) is 12.0. The molecule has 0 aromatic heterocycles. The summed E-state index contributed by atoms with van der Waals surface area (Å²) < 4.78 is 0. The van der Waals surface area contributed by atoms with E-state index in [2.05, 4.69) is 51.8 Å². The van der Waals surface area contributed by atoms with Gasteiger partial charge in [0, 0.05) is 50.9 Å². The molecular formula is C21H46N6O. The molecule has 0 rings (SSSR count). The number of hydrogen-bond acceptors (Lipinski definition) is 7. The van der Waals surface area contributed by atoms with E-state index < -0.39 is 0 Å². The Kier molecular flexibility index (Phi) is 27.6. The van der Waals surface area contributed by atoms with Gasteiger partial charge in [0.15, 0.2) is 5.78 Å². The van der Waals surface area contributed by atoms with Crippen LogP contribution in [0.4, 0.5) is 0 Å². The van der Waals surface area contributed by atoms with Gasteiger partial charge < -0.3 is 26.3 Å². The molecule has 0 aromatic rings. The van der Waals surface area contributed by atoms with Crippen LogP contribution >= 0.6 is 0 Å². The molecule has 7 heteroatoms. The highest BCUT2D eigenvalue weighted by molar-refractivity contribution is 5.98. The lowest BCUT2D eigenvalue weighted by Gasteiger charge is -2.05. The van der Waals surface area contributed by atoms with Crippen molar-refractivity contribution < 1.29 is 4.79 Å². The zero-order valence-electron chi connectivity index (χ0n) is 20.6. The molecule has 0 unspecified atom stereocenters. The van der Waals surface area contributed by atoms with Crippen molar-refractivity contribution >= 4 is 18.2 Å². The van der Waals surface area contributed by atoms with Crippen LogP contribution in [0.2, 0.25) is 0 Å². The number of hydrogen-bond donors (Lipinski definition) is 4. The second-order valence-electron chi connectivity index (χ2n) is 5.98. The van der Waals surface area contributed by atoms with Crippen molar-refractivity contribution in [2.75, 3.05) is 42.3 Å². The van der Waals surface area contributed by atoms with Crippen molar-refractivity contribution in [3.05, 3.63) is 22.5 Å². The van der Waals surface area contributed by atoms with Gasteiger partial charge in [-0.15, -0.1) is 0 Å². The van der Waals surface area contributed by atoms with E-state index in [1.165, 1.54) is 11.3 Å². The second-order valence-corrected chi connectivity index (χ2v) is 5.98. The zero-order valence-corrected chi connectivity index (χ0v) is 20.6. The van der Waals surface area contributed by atoms with Crippen molar-refractivity contribution in [1.29, 1.82) is 0 Å². The Labute approximate surface area is 174 Å². The van der Waals surface area contributed by atoms with Crippen molar-refractivity contribution in [2.24, 2.45) is 9.98 Å². The summed E-state index contributed by atoms with van der Waals surface area (Å²) in [5.41, 5.74) is 5.25. The van der Waals surface area contributed by atoms with Crippen molar-refractivity contribution in [3.8, 4) is 0 Å². The molecule has 7 nitrogen and oxygen atoms in total. The van der Waals surface area contributed by atoms with Crippen molar-refractivity contribution in [2.45, 2.75) is 54.6 Å². The van der Waals surface area contributed by atoms with Crippen LogP contribution in [0, 0.1) is 0 Å². The number of Topliss-reactive ketones (excluding diaryl/α,β-unsaturated/α-hetero) is 1. The van der Waals surface area contributed by atoms with Crippen LogP contribution in [-0.4, -0.2) is 66.7 Å². The Morgan fingerprint density at radius 1 is 0.786 bits per heavy atom. The lowest BCUT2D eigenvalue weighted by Crippen LogP contribution is -2.34. The fraction of sp³-hybridized carbons (Fsp3) is 0.667. The Morgan fingerprint density at radius 3 is 1.25 bits per heavy atom. The summed E-state index contributed by atoms with van der Waals surface area (Å²) in [6.45, 7) is 16.6. The molecule has 4 N–H and O–H groups in total. The fourth-order valence-electron chi connectivity index (χ4n) is 1.22. The third-order valence-electron chi connectivity index (χ3n) is 4.15. The van der Waals surface area contributed by atoms with Crippen LogP contribution in [-0.2, 0) is 4.79 Å². The molecule has 166 valence electrons. The van der Waals surface area contributed by atoms with Crippen LogP contribution in [0.15, 0.2) is 32.5 Å². The van der Waals surface area contributed by atoms with Gasteiger partial charge in [-0.1, -0.05) is 0 Å². The van der Waals surface area contributed by atoms with E-state index in [-0.39, 0.29) is 5.78 Å². The summed E-state index contributed by atoms with van der Waals surface area (Å²) in [7, 11) is 11.0. The van der Waals surface area contributed by atoms with E-state index in [1.807, 2.05) is 62.9 Å². The maximum absolute atomic E-state index is 10.6. The largest absolute Gasteiger partial charge is 0.391 e. The number of ketones is 1. The van der Waals surface area contributed by atoms with Crippen molar-refractivity contribution in [3.63, 3.8) is 0 Å². The second kappa shape index (κ2) is 23.0. The van der Waals surface area contributed by atoms with Gasteiger partial charge in [0.05, 0.1) is 6.17 Å². The lowest BCUT2D eigenvalue weighted by molar-refractivity contribution is -0.113. The summed E-state index contributed by atoms with van der Waals surface area (Å²) in [4.78, 5) is 18.0. The monoisotopic (exact) mass is 398 g/mol. The molecule has 0 heterocycles. The minimum Gasteiger partial charge on any atom is -0.391 e. The summed E-state index contributed by atoms with van der Waals surface area (Å²) >= 11 is 0. The third kappa shape index (κ3) is 22.1. The molecule has 28 heavy (non-hydrogen) atoms. The molecule has 0 aliphatic carbocycles. The molecule has 0 spiro atoms. The van der Waals surface area contributed by atoms with Gasteiger partial charge in [-0.3, -0.25) is 9.79 Å². The standard InChI is InChI=1S/C8H16N2.C7H13NO.C4H12N2.C2H5N/c1-6(7(2)9-4)8(3)10-5;1-5(7(3)9)6(2)8-4;1-4(5-2)6-3;1-3-2/h9H,1-5H3;8H,1-4H3;4-6H,1-3H3;1H2,2H3. The van der Waals surface area contributed by atoms with Gasteiger partial charge >= 0.3 is 0 Å². The number of nitrogens with zero attached hydrogens (tertiary/aromatic N) is 2. The fourth-order valence-corrected chi connectivity index (χ4v) is 1.22. The van der Waals surface area contributed by atoms with Crippen LogP contribution < -0.4 is 21.3 Å². The Bertz CT molecular complexity index is 503. The average molecular weight is 399 g/mol. The number of nitrogens with one attached hydrogen (secondary N) is 4. The molecule has 0 radical (unpaired) electrons. The normalized spacial score (nSPS) is 11.9. The van der Waals surface area contributed by atoms with Gasteiger partial charge in [0.25, 0.3) is 0 Å². The molecule has 0 saturated heterocycles. The van der Waals surface area contributed by atoms with Crippen molar-refractivity contribution in [1.82, 2.24) is 21.3 Å². The van der Waals surface area contributed by atoms with Crippen LogP contribution in [0.25, 0.3) is 0 Å². The van der Waals surface area contributed by atoms with E-state index >= 15 is 0 Å². The zero-order chi connectivity index (χ0) is 23.3. The Morgan fingerprint density at radius 2 is 1.11 bits per heavy atom. The van der Waals surface area contributed by atoms with Gasteiger partial charge in [0.1, 0.15) is 0 Å². The smallest absolute Gasteiger partial charge is 0.157 e. The number of carbonyl (C=O) groups is 1. The topological polar surface area (TPSA) is 89.9 Å². The van der Waals surface area contributed by atoms with Crippen LogP contribution in [0.1, 0.15) is 48.5 Å². The number of rotatable bonds is 6. The summed E-state index contributed by atoms with van der Waals surface area (Å²) in [5.74, 6) is 0.127. The van der Waals surface area contributed by atoms with Gasteiger partial charge in [0.2, 0.25) is 0 Å². The van der Waals surface area contributed by atoms with E-state index in [1.54, 1.807) is 14.0 Å². The number of allylic oxidation sites excluding steroid dienone is 4. The first-order valence-electron chi connectivity index (χ1n) is 9.29. The Hall–Kier alpha value is -1.99. The molecule has 0 atom stereocenters. The molecule has 0 aliphatic rings. The predicted octanol–water partition coefficient (Wildman–Crippen LogP) is 2.77. The molecule has 0 amide bonds. The van der Waals surface area contributed by atoms with E-state index in [4.69, 9.17) is 0 Å². The van der Waals surface area contributed by atoms with E-state index in [9.17, 15) is 4.79 Å². The number of aliphatic imine (C=N–C) groups is 2. The quantitative estimate of drug-likeness (QED) is 0.314. The minimum absolute atomic E-state index is 0.127. The lowest BCUT2D eigenvalue weighted by atomic mass is 10.1. The maximum Gasteiger partial charge on any atom is 0.157 e. The van der Waals surface area contributed by atoms with Crippen LogP contribution in [0.3, 0.4) is 0 Å². The highest BCUT2D eigenvalue weighted by Gasteiger charge is 1.98. The maximum atomic E-state index is 10.6. The highest BCUT2D eigenvalue weighted by atomic mass is 16.1. The minimum atomic E-state index is 0.127. The molecule has 0 bridgehead atoms. The molecule has 0 fully saturated rings. The average Bonchev–Trinajstić information content (AvgIpc) is 2.71. The van der Waals surface area contributed by atoms with E-state index in [0.717, 1.165) is 17.0 Å². The Balaban J connectivity index is -0.000000147. The molecule has 0 saturated carbocycles.